The van der Waals surface area contributed by atoms with Gasteiger partial charge in [-0.1, -0.05) is 6.07 Å². The molecule has 0 spiro atoms. The molecule has 1 aliphatic rings. The standard InChI is InChI=1S/C24H32FN5O6/c1-5-30(33)20(31)13-16-6-7-19(18(25)12-16)28-22-21(34-4)23(27-14-26-22)36-17-8-10-29(11-9-17)24(32)35-15(2)3/h6-7,12,14-15,17,33H,5,8-11,13H2,1-4H3,(H,26,27,28). The lowest BCUT2D eigenvalue weighted by molar-refractivity contribution is -0.163. The van der Waals surface area contributed by atoms with Gasteiger partial charge in [0, 0.05) is 32.5 Å². The predicted molar refractivity (Wildman–Crippen MR) is 128 cm³/mol. The molecule has 2 N–H and O–H groups in total. The number of ether oxygens (including phenoxy) is 3. The van der Waals surface area contributed by atoms with Gasteiger partial charge in [0.25, 0.3) is 5.88 Å². The molecule has 3 rings (SSSR count). The van der Waals surface area contributed by atoms with Crippen LogP contribution in [0.3, 0.4) is 0 Å². The number of likely N-dealkylation sites (N-methyl/N-ethyl adjacent to an activating group) is 1. The van der Waals surface area contributed by atoms with Crippen molar-refractivity contribution in [2.24, 2.45) is 0 Å². The molecule has 11 nitrogen and oxygen atoms in total. The minimum atomic E-state index is -0.606. The van der Waals surface area contributed by atoms with Crippen molar-refractivity contribution in [3.8, 4) is 11.6 Å². The molecule has 12 heteroatoms. The molecule has 2 amide bonds. The number of piperidine rings is 1. The van der Waals surface area contributed by atoms with E-state index in [1.165, 1.54) is 25.6 Å². The zero-order valence-electron chi connectivity index (χ0n) is 20.9. The van der Waals surface area contributed by atoms with Crippen molar-refractivity contribution in [3.63, 3.8) is 0 Å². The number of rotatable bonds is 9. The van der Waals surface area contributed by atoms with Gasteiger partial charge in [-0.15, -0.1) is 0 Å². The molecular formula is C24H32FN5O6. The molecule has 36 heavy (non-hydrogen) atoms. The van der Waals surface area contributed by atoms with Crippen molar-refractivity contribution < 1.29 is 33.4 Å². The number of methoxy groups -OCH3 is 1. The van der Waals surface area contributed by atoms with Gasteiger partial charge >= 0.3 is 6.09 Å². The predicted octanol–water partition coefficient (Wildman–Crippen LogP) is 3.54. The Hall–Kier alpha value is -3.67. The number of hydrogen-bond acceptors (Lipinski definition) is 9. The highest BCUT2D eigenvalue weighted by Crippen LogP contribution is 2.35. The van der Waals surface area contributed by atoms with Crippen molar-refractivity contribution >= 4 is 23.5 Å². The molecule has 196 valence electrons. The van der Waals surface area contributed by atoms with Crippen molar-refractivity contribution in [1.29, 1.82) is 0 Å². The van der Waals surface area contributed by atoms with Crippen LogP contribution in [-0.2, 0) is 16.0 Å². The topological polar surface area (TPSA) is 126 Å². The number of amides is 2. The summed E-state index contributed by atoms with van der Waals surface area (Å²) in [4.78, 5) is 33.9. The Labute approximate surface area is 209 Å². The second kappa shape index (κ2) is 12.3. The van der Waals surface area contributed by atoms with E-state index in [-0.39, 0.29) is 54.4 Å². The summed E-state index contributed by atoms with van der Waals surface area (Å²) in [5.41, 5.74) is 0.528. The highest BCUT2D eigenvalue weighted by Gasteiger charge is 2.27. The van der Waals surface area contributed by atoms with Crippen LogP contribution in [0.5, 0.6) is 11.6 Å². The van der Waals surface area contributed by atoms with Crippen molar-refractivity contribution in [1.82, 2.24) is 19.9 Å². The van der Waals surface area contributed by atoms with E-state index in [1.807, 2.05) is 0 Å². The highest BCUT2D eigenvalue weighted by atomic mass is 19.1. The number of hydrogen-bond donors (Lipinski definition) is 2. The quantitative estimate of drug-likeness (QED) is 0.389. The number of carbonyl (C=O) groups excluding carboxylic acids is 2. The molecular weight excluding hydrogens is 473 g/mol. The number of aromatic nitrogens is 2. The zero-order valence-corrected chi connectivity index (χ0v) is 20.9. The number of nitrogens with one attached hydrogen (secondary N) is 1. The summed E-state index contributed by atoms with van der Waals surface area (Å²) in [6.45, 7) is 6.36. The summed E-state index contributed by atoms with van der Waals surface area (Å²) in [5.74, 6) is -0.527. The minimum absolute atomic E-state index is 0.113. The average Bonchev–Trinajstić information content (AvgIpc) is 2.85. The molecule has 1 aromatic carbocycles. The van der Waals surface area contributed by atoms with Crippen LogP contribution in [0.1, 0.15) is 39.2 Å². The van der Waals surface area contributed by atoms with Crippen LogP contribution >= 0.6 is 0 Å². The monoisotopic (exact) mass is 505 g/mol. The lowest BCUT2D eigenvalue weighted by atomic mass is 10.1. The van der Waals surface area contributed by atoms with E-state index in [0.717, 1.165) is 0 Å². The van der Waals surface area contributed by atoms with E-state index in [0.29, 0.717) is 36.6 Å². The summed E-state index contributed by atoms with van der Waals surface area (Å²) < 4.78 is 31.5. The highest BCUT2D eigenvalue weighted by molar-refractivity contribution is 5.78. The number of likely N-dealkylation sites (tertiary alicyclic amines) is 1. The Kier molecular flexibility index (Phi) is 9.23. The number of anilines is 2. The number of hydroxylamine groups is 2. The van der Waals surface area contributed by atoms with Gasteiger partial charge in [0.1, 0.15) is 18.2 Å². The SMILES string of the molecule is CCN(O)C(=O)Cc1ccc(Nc2ncnc(OC3CCN(C(=O)OC(C)C)CC3)c2OC)c(F)c1. The van der Waals surface area contributed by atoms with Gasteiger partial charge in [0.2, 0.25) is 11.7 Å². The van der Waals surface area contributed by atoms with Crippen molar-refractivity contribution in [2.45, 2.75) is 52.2 Å². The first-order valence-corrected chi connectivity index (χ1v) is 11.8. The van der Waals surface area contributed by atoms with Gasteiger partial charge in [0.05, 0.1) is 25.3 Å². The third-order valence-corrected chi connectivity index (χ3v) is 5.52. The average molecular weight is 506 g/mol. The third-order valence-electron chi connectivity index (χ3n) is 5.52. The zero-order chi connectivity index (χ0) is 26.2. The van der Waals surface area contributed by atoms with Gasteiger partial charge in [-0.3, -0.25) is 10.0 Å². The first-order chi connectivity index (χ1) is 17.2. The maximum Gasteiger partial charge on any atom is 0.410 e. The molecule has 1 aromatic heterocycles. The van der Waals surface area contributed by atoms with Gasteiger partial charge < -0.3 is 24.4 Å². The van der Waals surface area contributed by atoms with Gasteiger partial charge in [0.15, 0.2) is 5.82 Å². The number of carbonyl (C=O) groups is 2. The Morgan fingerprint density at radius 3 is 2.61 bits per heavy atom. The number of halogens is 1. The van der Waals surface area contributed by atoms with Crippen molar-refractivity contribution in [3.05, 3.63) is 35.9 Å². The summed E-state index contributed by atoms with van der Waals surface area (Å²) in [5, 5.41) is 13.0. The summed E-state index contributed by atoms with van der Waals surface area (Å²) >= 11 is 0. The molecule has 0 radical (unpaired) electrons. The number of benzene rings is 1. The Bertz CT molecular complexity index is 1060. The van der Waals surface area contributed by atoms with Gasteiger partial charge in [-0.05, 0) is 38.5 Å². The molecule has 0 saturated carbocycles. The van der Waals surface area contributed by atoms with E-state index >= 15 is 0 Å². The molecule has 1 saturated heterocycles. The molecule has 0 bridgehead atoms. The van der Waals surface area contributed by atoms with E-state index < -0.39 is 11.7 Å². The van der Waals surface area contributed by atoms with Gasteiger partial charge in [-0.25, -0.2) is 19.2 Å². The largest absolute Gasteiger partial charge is 0.489 e. The van der Waals surface area contributed by atoms with Crippen LogP contribution < -0.4 is 14.8 Å². The van der Waals surface area contributed by atoms with Gasteiger partial charge in [-0.2, -0.15) is 4.98 Å². The molecule has 2 heterocycles. The second-order valence-electron chi connectivity index (χ2n) is 8.52. The molecule has 2 aromatic rings. The lowest BCUT2D eigenvalue weighted by Crippen LogP contribution is -2.42. The first-order valence-electron chi connectivity index (χ1n) is 11.8. The molecule has 1 fully saturated rings. The molecule has 0 aliphatic carbocycles. The molecule has 0 atom stereocenters. The van der Waals surface area contributed by atoms with Crippen LogP contribution in [0.15, 0.2) is 24.5 Å². The fraction of sp³-hybridized carbons (Fsp3) is 0.500. The van der Waals surface area contributed by atoms with E-state index in [1.54, 1.807) is 31.7 Å². The summed E-state index contributed by atoms with van der Waals surface area (Å²) in [7, 11) is 1.43. The van der Waals surface area contributed by atoms with Crippen LogP contribution in [0.25, 0.3) is 0 Å². The third kappa shape index (κ3) is 6.94. The molecule has 0 unspecified atom stereocenters. The van der Waals surface area contributed by atoms with Crippen molar-refractivity contribution in [2.75, 3.05) is 32.1 Å². The summed E-state index contributed by atoms with van der Waals surface area (Å²) in [6.07, 6.45) is 1.59. The van der Waals surface area contributed by atoms with E-state index in [4.69, 9.17) is 14.2 Å². The maximum atomic E-state index is 14.8. The lowest BCUT2D eigenvalue weighted by Gasteiger charge is -2.31. The Morgan fingerprint density at radius 2 is 2.00 bits per heavy atom. The van der Waals surface area contributed by atoms with Crippen LogP contribution in [-0.4, -0.2) is 76.1 Å². The van der Waals surface area contributed by atoms with E-state index in [2.05, 4.69) is 15.3 Å². The Balaban J connectivity index is 1.66. The van der Waals surface area contributed by atoms with Crippen LogP contribution in [0, 0.1) is 5.82 Å². The smallest absolute Gasteiger partial charge is 0.410 e. The normalized spacial score (nSPS) is 13.9. The fourth-order valence-electron chi connectivity index (χ4n) is 3.64. The van der Waals surface area contributed by atoms with E-state index in [9.17, 15) is 19.2 Å². The first kappa shape index (κ1) is 26.9. The second-order valence-corrected chi connectivity index (χ2v) is 8.52. The van der Waals surface area contributed by atoms with Crippen LogP contribution in [0.4, 0.5) is 20.7 Å². The number of nitrogens with zero attached hydrogens (tertiary/aromatic N) is 4. The maximum absolute atomic E-state index is 14.8. The minimum Gasteiger partial charge on any atom is -0.489 e. The van der Waals surface area contributed by atoms with Crippen LogP contribution in [0.2, 0.25) is 0 Å². The fourth-order valence-corrected chi connectivity index (χ4v) is 3.64. The Morgan fingerprint density at radius 1 is 1.28 bits per heavy atom. The summed E-state index contributed by atoms with van der Waals surface area (Å²) in [6, 6.07) is 4.27. The molecule has 1 aliphatic heterocycles.